The molecule has 2 heterocycles. The minimum atomic E-state index is 0.323. The average molecular weight is 232 g/mol. The van der Waals surface area contributed by atoms with Crippen LogP contribution >= 0.6 is 15.9 Å². The van der Waals surface area contributed by atoms with Crippen molar-refractivity contribution in [3.05, 3.63) is 10.6 Å². The molecule has 1 unspecified atom stereocenters. The molecule has 0 saturated carbocycles. The predicted octanol–water partition coefficient (Wildman–Crippen LogP) is 1.60. The Bertz CT molecular complexity index is 275. The summed E-state index contributed by atoms with van der Waals surface area (Å²) in [5.74, 6) is 0.724. The monoisotopic (exact) mass is 231 g/mol. The Morgan fingerprint density at radius 3 is 3.00 bits per heavy atom. The first-order chi connectivity index (χ1) is 5.77. The summed E-state index contributed by atoms with van der Waals surface area (Å²) in [4.78, 5) is 6.38. The molecule has 1 aliphatic rings. The van der Waals surface area contributed by atoms with E-state index in [0.29, 0.717) is 10.8 Å². The summed E-state index contributed by atoms with van der Waals surface area (Å²) in [5.41, 5.74) is 0. The van der Waals surface area contributed by atoms with Crippen LogP contribution in [-0.2, 0) is 0 Å². The van der Waals surface area contributed by atoms with Crippen LogP contribution in [0.15, 0.2) is 9.26 Å². The van der Waals surface area contributed by atoms with Crippen molar-refractivity contribution >= 4 is 15.9 Å². The maximum absolute atomic E-state index is 5.07. The van der Waals surface area contributed by atoms with Gasteiger partial charge in [0.1, 0.15) is 0 Å². The van der Waals surface area contributed by atoms with Crippen LogP contribution in [0.3, 0.4) is 0 Å². The first-order valence-electron chi connectivity index (χ1n) is 3.97. The molecule has 1 aromatic rings. The molecule has 2 rings (SSSR count). The highest BCUT2D eigenvalue weighted by molar-refractivity contribution is 9.10. The van der Waals surface area contributed by atoms with Gasteiger partial charge in [-0.3, -0.25) is 4.90 Å². The van der Waals surface area contributed by atoms with Crippen LogP contribution in [0.5, 0.6) is 0 Å². The molecule has 1 atom stereocenters. The van der Waals surface area contributed by atoms with Crippen molar-refractivity contribution in [1.29, 1.82) is 0 Å². The lowest BCUT2D eigenvalue weighted by Crippen LogP contribution is -2.17. The fourth-order valence-corrected chi connectivity index (χ4v) is 1.82. The Kier molecular flexibility index (Phi) is 2.14. The lowest BCUT2D eigenvalue weighted by Gasteiger charge is -2.13. The van der Waals surface area contributed by atoms with E-state index in [2.05, 4.69) is 38.0 Å². The second-order valence-corrected chi connectivity index (χ2v) is 3.75. The Morgan fingerprint density at radius 2 is 2.50 bits per heavy atom. The molecule has 66 valence electrons. The van der Waals surface area contributed by atoms with Gasteiger partial charge in [0.15, 0.2) is 0 Å². The summed E-state index contributed by atoms with van der Waals surface area (Å²) in [7, 11) is 2.08. The predicted molar refractivity (Wildman–Crippen MR) is 46.6 cm³/mol. The second kappa shape index (κ2) is 3.14. The minimum Gasteiger partial charge on any atom is -0.337 e. The SMILES string of the molecule is CN1CCCC1c1nc(Br)no1. The van der Waals surface area contributed by atoms with Crippen LogP contribution in [-0.4, -0.2) is 28.6 Å². The highest BCUT2D eigenvalue weighted by Gasteiger charge is 2.27. The molecule has 4 nitrogen and oxygen atoms in total. The zero-order chi connectivity index (χ0) is 8.55. The molecule has 0 N–H and O–H groups in total. The molecule has 1 aliphatic heterocycles. The zero-order valence-electron chi connectivity index (χ0n) is 6.83. The molecule has 1 fully saturated rings. The standard InChI is InChI=1S/C7H10BrN3O/c1-11-4-2-3-5(11)6-9-7(8)10-12-6/h5H,2-4H2,1H3. The summed E-state index contributed by atoms with van der Waals surface area (Å²) in [5, 5.41) is 3.70. The first-order valence-corrected chi connectivity index (χ1v) is 4.76. The van der Waals surface area contributed by atoms with Gasteiger partial charge in [0.25, 0.3) is 0 Å². The lowest BCUT2D eigenvalue weighted by molar-refractivity contribution is 0.244. The van der Waals surface area contributed by atoms with Crippen molar-refractivity contribution < 1.29 is 4.52 Å². The van der Waals surface area contributed by atoms with Crippen LogP contribution in [0, 0.1) is 0 Å². The highest BCUT2D eigenvalue weighted by Crippen LogP contribution is 2.29. The number of likely N-dealkylation sites (tertiary alicyclic amines) is 1. The normalized spacial score (nSPS) is 25.0. The van der Waals surface area contributed by atoms with Gasteiger partial charge in [0.05, 0.1) is 6.04 Å². The van der Waals surface area contributed by atoms with E-state index in [1.54, 1.807) is 0 Å². The molecule has 1 aromatic heterocycles. The van der Waals surface area contributed by atoms with E-state index in [-0.39, 0.29) is 0 Å². The summed E-state index contributed by atoms with van der Waals surface area (Å²) < 4.78 is 5.61. The van der Waals surface area contributed by atoms with Gasteiger partial charge in [-0.25, -0.2) is 0 Å². The van der Waals surface area contributed by atoms with E-state index in [1.807, 2.05) is 0 Å². The molecule has 12 heavy (non-hydrogen) atoms. The maximum atomic E-state index is 5.07. The average Bonchev–Trinajstić information content (AvgIpc) is 2.58. The molecule has 0 bridgehead atoms. The quantitative estimate of drug-likeness (QED) is 0.737. The van der Waals surface area contributed by atoms with Crippen molar-refractivity contribution in [3.63, 3.8) is 0 Å². The third-order valence-electron chi connectivity index (χ3n) is 2.22. The fraction of sp³-hybridized carbons (Fsp3) is 0.714. The van der Waals surface area contributed by atoms with E-state index in [0.717, 1.165) is 18.9 Å². The molecule has 0 amide bonds. The Morgan fingerprint density at radius 1 is 1.67 bits per heavy atom. The van der Waals surface area contributed by atoms with Crippen molar-refractivity contribution in [2.45, 2.75) is 18.9 Å². The molecule has 0 radical (unpaired) electrons. The third-order valence-corrected chi connectivity index (χ3v) is 2.54. The first kappa shape index (κ1) is 8.19. The Balaban J connectivity index is 2.19. The summed E-state index contributed by atoms with van der Waals surface area (Å²) >= 11 is 3.16. The molecule has 0 aliphatic carbocycles. The van der Waals surface area contributed by atoms with Gasteiger partial charge in [0.2, 0.25) is 10.6 Å². The van der Waals surface area contributed by atoms with Crippen LogP contribution in [0.2, 0.25) is 0 Å². The fourth-order valence-electron chi connectivity index (χ4n) is 1.57. The van der Waals surface area contributed by atoms with Crippen LogP contribution in [0.25, 0.3) is 0 Å². The van der Waals surface area contributed by atoms with E-state index >= 15 is 0 Å². The summed E-state index contributed by atoms with van der Waals surface area (Å²) in [6.45, 7) is 1.12. The molecule has 5 heteroatoms. The third kappa shape index (κ3) is 1.38. The highest BCUT2D eigenvalue weighted by atomic mass is 79.9. The van der Waals surface area contributed by atoms with Crippen molar-refractivity contribution in [1.82, 2.24) is 15.0 Å². The molecular formula is C7H10BrN3O. The lowest BCUT2D eigenvalue weighted by atomic mass is 10.2. The number of hydrogen-bond donors (Lipinski definition) is 0. The molecule has 1 saturated heterocycles. The van der Waals surface area contributed by atoms with Gasteiger partial charge in [-0.05, 0) is 47.5 Å². The number of nitrogens with zero attached hydrogens (tertiary/aromatic N) is 3. The zero-order valence-corrected chi connectivity index (χ0v) is 8.41. The number of hydrogen-bond acceptors (Lipinski definition) is 4. The summed E-state index contributed by atoms with van der Waals surface area (Å²) in [6, 6.07) is 0.323. The van der Waals surface area contributed by atoms with Crippen LogP contribution in [0.1, 0.15) is 24.8 Å². The maximum Gasteiger partial charge on any atom is 0.244 e. The molecule has 0 aromatic carbocycles. The second-order valence-electron chi connectivity index (χ2n) is 3.04. The van der Waals surface area contributed by atoms with Gasteiger partial charge in [0, 0.05) is 0 Å². The van der Waals surface area contributed by atoms with Gasteiger partial charge in [-0.1, -0.05) is 0 Å². The number of halogens is 1. The van der Waals surface area contributed by atoms with Crippen molar-refractivity contribution in [3.8, 4) is 0 Å². The topological polar surface area (TPSA) is 42.2 Å². The van der Waals surface area contributed by atoms with Gasteiger partial charge in [-0.15, -0.1) is 0 Å². The molecular weight excluding hydrogens is 222 g/mol. The van der Waals surface area contributed by atoms with Crippen molar-refractivity contribution in [2.75, 3.05) is 13.6 Å². The molecule has 0 spiro atoms. The minimum absolute atomic E-state index is 0.323. The largest absolute Gasteiger partial charge is 0.337 e. The van der Waals surface area contributed by atoms with Crippen LogP contribution < -0.4 is 0 Å². The van der Waals surface area contributed by atoms with Gasteiger partial charge >= 0.3 is 0 Å². The van der Waals surface area contributed by atoms with Crippen molar-refractivity contribution in [2.24, 2.45) is 0 Å². The van der Waals surface area contributed by atoms with E-state index in [4.69, 9.17) is 4.52 Å². The number of rotatable bonds is 1. The smallest absolute Gasteiger partial charge is 0.244 e. The Hall–Kier alpha value is -0.420. The van der Waals surface area contributed by atoms with Gasteiger partial charge < -0.3 is 4.52 Å². The van der Waals surface area contributed by atoms with Gasteiger partial charge in [-0.2, -0.15) is 4.98 Å². The van der Waals surface area contributed by atoms with Crippen LogP contribution in [0.4, 0.5) is 0 Å². The van der Waals surface area contributed by atoms with E-state index in [1.165, 1.54) is 6.42 Å². The number of aromatic nitrogens is 2. The van der Waals surface area contributed by atoms with E-state index in [9.17, 15) is 0 Å². The Labute approximate surface area is 79.1 Å². The van der Waals surface area contributed by atoms with E-state index < -0.39 is 0 Å². The summed E-state index contributed by atoms with van der Waals surface area (Å²) in [6.07, 6.45) is 2.33.